The van der Waals surface area contributed by atoms with E-state index in [0.717, 1.165) is 23.3 Å². The summed E-state index contributed by atoms with van der Waals surface area (Å²) in [7, 11) is 1.63. The molecule has 0 fully saturated rings. The van der Waals surface area contributed by atoms with Gasteiger partial charge in [0.25, 0.3) is 5.91 Å². The second-order valence-corrected chi connectivity index (χ2v) is 6.15. The van der Waals surface area contributed by atoms with Gasteiger partial charge in [-0.1, -0.05) is 36.9 Å². The van der Waals surface area contributed by atoms with Crippen molar-refractivity contribution in [3.63, 3.8) is 0 Å². The zero-order chi connectivity index (χ0) is 18.5. The molecule has 0 bridgehead atoms. The number of hydrogen-bond donors (Lipinski definition) is 1. The Morgan fingerprint density at radius 3 is 2.46 bits per heavy atom. The van der Waals surface area contributed by atoms with E-state index in [1.165, 1.54) is 0 Å². The summed E-state index contributed by atoms with van der Waals surface area (Å²) in [6.45, 7) is 4.87. The summed E-state index contributed by atoms with van der Waals surface area (Å²) >= 11 is 0. The van der Waals surface area contributed by atoms with Crippen LogP contribution in [0.3, 0.4) is 0 Å². The maximum absolute atomic E-state index is 12.4. The van der Waals surface area contributed by atoms with Gasteiger partial charge in [0, 0.05) is 36.3 Å². The monoisotopic (exact) mass is 350 g/mol. The minimum atomic E-state index is -0.0865. The molecule has 2 aromatic carbocycles. The molecular weight excluding hydrogens is 328 g/mol. The summed E-state index contributed by atoms with van der Waals surface area (Å²) in [5, 5.41) is 2.90. The van der Waals surface area contributed by atoms with Gasteiger partial charge in [-0.25, -0.2) is 0 Å². The van der Waals surface area contributed by atoms with Gasteiger partial charge in [0.05, 0.1) is 7.11 Å². The van der Waals surface area contributed by atoms with Crippen LogP contribution in [-0.2, 0) is 11.2 Å². The lowest BCUT2D eigenvalue weighted by atomic mass is 10.1. The van der Waals surface area contributed by atoms with Gasteiger partial charge in [-0.3, -0.25) is 9.59 Å². The second-order valence-electron chi connectivity index (χ2n) is 6.15. The van der Waals surface area contributed by atoms with Crippen LogP contribution < -0.4 is 10.1 Å². The van der Waals surface area contributed by atoms with E-state index in [0.29, 0.717) is 24.4 Å². The molecule has 0 atom stereocenters. The zero-order valence-electron chi connectivity index (χ0n) is 14.8. The second kappa shape index (κ2) is 7.87. The molecule has 1 aliphatic heterocycles. The molecule has 0 saturated carbocycles. The average molecular weight is 350 g/mol. The highest BCUT2D eigenvalue weighted by atomic mass is 16.5. The SMILES string of the molecule is C=C1c2ccccc2C(=O)N1CCC(=O)NCCc1ccc(OC)cc1. The van der Waals surface area contributed by atoms with Gasteiger partial charge in [0.15, 0.2) is 0 Å². The van der Waals surface area contributed by atoms with Crippen LogP contribution in [0.5, 0.6) is 5.75 Å². The first-order chi connectivity index (χ1) is 12.6. The highest BCUT2D eigenvalue weighted by Gasteiger charge is 2.30. The minimum absolute atomic E-state index is 0.0740. The van der Waals surface area contributed by atoms with Gasteiger partial charge >= 0.3 is 0 Å². The molecular formula is C21H22N2O3. The number of fused-ring (bicyclic) bond motifs is 1. The topological polar surface area (TPSA) is 58.6 Å². The molecule has 26 heavy (non-hydrogen) atoms. The van der Waals surface area contributed by atoms with Crippen molar-refractivity contribution in [3.05, 3.63) is 71.8 Å². The van der Waals surface area contributed by atoms with E-state index in [-0.39, 0.29) is 18.2 Å². The van der Waals surface area contributed by atoms with Gasteiger partial charge < -0.3 is 15.0 Å². The molecule has 134 valence electrons. The zero-order valence-corrected chi connectivity index (χ0v) is 14.8. The summed E-state index contributed by atoms with van der Waals surface area (Å²) in [6.07, 6.45) is 0.998. The first-order valence-electron chi connectivity index (χ1n) is 8.60. The molecule has 2 amide bonds. The number of methoxy groups -OCH3 is 1. The van der Waals surface area contributed by atoms with Gasteiger partial charge in [-0.2, -0.15) is 0 Å². The summed E-state index contributed by atoms with van der Waals surface area (Å²) in [5.41, 5.74) is 3.29. The van der Waals surface area contributed by atoms with Crippen molar-refractivity contribution < 1.29 is 14.3 Å². The summed E-state index contributed by atoms with van der Waals surface area (Å²) in [5.74, 6) is 0.654. The normalized spacial score (nSPS) is 12.9. The molecule has 3 rings (SSSR count). The number of benzene rings is 2. The van der Waals surface area contributed by atoms with E-state index in [2.05, 4.69) is 11.9 Å². The Bertz CT molecular complexity index is 792. The van der Waals surface area contributed by atoms with Crippen molar-refractivity contribution in [2.45, 2.75) is 12.8 Å². The van der Waals surface area contributed by atoms with Crippen molar-refractivity contribution in [2.75, 3.05) is 20.2 Å². The Morgan fingerprint density at radius 2 is 1.81 bits per heavy atom. The Hall–Kier alpha value is -3.08. The van der Waals surface area contributed by atoms with E-state index >= 15 is 0 Å². The first kappa shape index (κ1) is 17.7. The smallest absolute Gasteiger partial charge is 0.258 e. The summed E-state index contributed by atoms with van der Waals surface area (Å²) in [6, 6.07) is 15.2. The standard InChI is InChI=1S/C21H22N2O3/c1-15-18-5-3-4-6-19(18)21(25)23(15)14-12-20(24)22-13-11-16-7-9-17(26-2)10-8-16/h3-10H,1,11-14H2,2H3,(H,22,24). The summed E-state index contributed by atoms with van der Waals surface area (Å²) < 4.78 is 5.12. The number of carbonyl (C=O) groups excluding carboxylic acids is 2. The molecule has 1 N–H and O–H groups in total. The lowest BCUT2D eigenvalue weighted by Gasteiger charge is -2.17. The maximum atomic E-state index is 12.4. The van der Waals surface area contributed by atoms with Gasteiger partial charge in [0.1, 0.15) is 5.75 Å². The van der Waals surface area contributed by atoms with Crippen LogP contribution in [0.2, 0.25) is 0 Å². The molecule has 0 aromatic heterocycles. The van der Waals surface area contributed by atoms with Crippen molar-refractivity contribution in [3.8, 4) is 5.75 Å². The van der Waals surface area contributed by atoms with Crippen molar-refractivity contribution >= 4 is 17.5 Å². The molecule has 1 heterocycles. The quantitative estimate of drug-likeness (QED) is 0.835. The Morgan fingerprint density at radius 1 is 1.12 bits per heavy atom. The number of nitrogens with one attached hydrogen (secondary N) is 1. The third-order valence-electron chi connectivity index (χ3n) is 4.50. The first-order valence-corrected chi connectivity index (χ1v) is 8.60. The number of carbonyl (C=O) groups is 2. The Labute approximate surface area is 153 Å². The van der Waals surface area contributed by atoms with Crippen LogP contribution in [0.15, 0.2) is 55.1 Å². The molecule has 0 radical (unpaired) electrons. The minimum Gasteiger partial charge on any atom is -0.497 e. The predicted molar refractivity (Wildman–Crippen MR) is 101 cm³/mol. The molecule has 5 nitrogen and oxygen atoms in total. The number of nitrogens with zero attached hydrogens (tertiary/aromatic N) is 1. The van der Waals surface area contributed by atoms with E-state index in [1.807, 2.05) is 42.5 Å². The fourth-order valence-corrected chi connectivity index (χ4v) is 3.01. The molecule has 0 spiro atoms. The molecule has 2 aromatic rings. The van der Waals surface area contributed by atoms with Gasteiger partial charge in [-0.15, -0.1) is 0 Å². The molecule has 0 saturated heterocycles. The van der Waals surface area contributed by atoms with Crippen LogP contribution in [0.1, 0.15) is 27.9 Å². The average Bonchev–Trinajstić information content (AvgIpc) is 2.91. The highest BCUT2D eigenvalue weighted by molar-refractivity contribution is 6.08. The Kier molecular flexibility index (Phi) is 5.37. The molecule has 5 heteroatoms. The van der Waals surface area contributed by atoms with Crippen LogP contribution >= 0.6 is 0 Å². The Balaban J connectivity index is 1.44. The van der Waals surface area contributed by atoms with E-state index < -0.39 is 0 Å². The number of ether oxygens (including phenoxy) is 1. The van der Waals surface area contributed by atoms with Crippen molar-refractivity contribution in [1.29, 1.82) is 0 Å². The van der Waals surface area contributed by atoms with Crippen LogP contribution in [0, 0.1) is 0 Å². The van der Waals surface area contributed by atoms with E-state index in [1.54, 1.807) is 18.1 Å². The maximum Gasteiger partial charge on any atom is 0.258 e. The number of rotatable bonds is 7. The van der Waals surface area contributed by atoms with Crippen LogP contribution in [0.25, 0.3) is 5.70 Å². The third kappa shape index (κ3) is 3.77. The molecule has 1 aliphatic rings. The number of hydrogen-bond acceptors (Lipinski definition) is 3. The van der Waals surface area contributed by atoms with E-state index in [9.17, 15) is 9.59 Å². The number of amides is 2. The fourth-order valence-electron chi connectivity index (χ4n) is 3.01. The fraction of sp³-hybridized carbons (Fsp3) is 0.238. The van der Waals surface area contributed by atoms with E-state index in [4.69, 9.17) is 4.74 Å². The molecule has 0 unspecified atom stereocenters. The highest BCUT2D eigenvalue weighted by Crippen LogP contribution is 2.30. The molecule has 0 aliphatic carbocycles. The summed E-state index contributed by atoms with van der Waals surface area (Å²) in [4.78, 5) is 26.0. The van der Waals surface area contributed by atoms with Gasteiger partial charge in [-0.05, 0) is 30.2 Å². The van der Waals surface area contributed by atoms with Crippen molar-refractivity contribution in [2.24, 2.45) is 0 Å². The third-order valence-corrected chi connectivity index (χ3v) is 4.50. The van der Waals surface area contributed by atoms with Crippen molar-refractivity contribution in [1.82, 2.24) is 10.2 Å². The lowest BCUT2D eigenvalue weighted by molar-refractivity contribution is -0.121. The van der Waals surface area contributed by atoms with Crippen LogP contribution in [-0.4, -0.2) is 36.9 Å². The predicted octanol–water partition coefficient (Wildman–Crippen LogP) is 2.87. The van der Waals surface area contributed by atoms with Crippen LogP contribution in [0.4, 0.5) is 0 Å². The lowest BCUT2D eigenvalue weighted by Crippen LogP contribution is -2.31. The largest absolute Gasteiger partial charge is 0.497 e. The van der Waals surface area contributed by atoms with Gasteiger partial charge in [0.2, 0.25) is 5.91 Å².